The summed E-state index contributed by atoms with van der Waals surface area (Å²) in [6.45, 7) is 0.842. The van der Waals surface area contributed by atoms with Crippen LogP contribution in [0.15, 0.2) is 12.3 Å². The minimum Gasteiger partial charge on any atom is -0.394 e. The van der Waals surface area contributed by atoms with Crippen LogP contribution in [0.25, 0.3) is 0 Å². The second kappa shape index (κ2) is 8.41. The molecule has 0 aliphatic heterocycles. The van der Waals surface area contributed by atoms with Gasteiger partial charge in [0.05, 0.1) is 18.1 Å². The molecule has 2 N–H and O–H groups in total. The molecule has 0 saturated carbocycles. The molecule has 0 aliphatic rings. The maximum atomic E-state index is 11.8. The third-order valence-corrected chi connectivity index (χ3v) is 2.57. The largest absolute Gasteiger partial charge is 0.394 e. The lowest BCUT2D eigenvalue weighted by Crippen LogP contribution is -2.26. The maximum absolute atomic E-state index is 11.8. The lowest BCUT2D eigenvalue weighted by atomic mass is 10.2. The molecule has 1 rings (SSSR count). The summed E-state index contributed by atoms with van der Waals surface area (Å²) in [5.74, 6) is -0.594. The van der Waals surface area contributed by atoms with Gasteiger partial charge in [0, 0.05) is 19.3 Å². The first-order valence-electron chi connectivity index (χ1n) is 5.83. The van der Waals surface area contributed by atoms with Crippen LogP contribution in [0.5, 0.6) is 0 Å². The fraction of sp³-hybridized carbons (Fsp3) is 0.455. The number of aliphatic hydroxyl groups is 1. The summed E-state index contributed by atoms with van der Waals surface area (Å²) >= 11 is 5.61. The number of pyridine rings is 1. The van der Waals surface area contributed by atoms with Crippen LogP contribution in [-0.2, 0) is 4.74 Å². The van der Waals surface area contributed by atoms with Gasteiger partial charge in [-0.05, 0) is 12.5 Å². The Kier molecular flexibility index (Phi) is 6.85. The zero-order valence-corrected chi connectivity index (χ0v) is 11.3. The van der Waals surface area contributed by atoms with Crippen LogP contribution in [0.4, 0.5) is 5.69 Å². The van der Waals surface area contributed by atoms with Crippen LogP contribution in [0.3, 0.4) is 0 Å². The number of nitrogens with one attached hydrogen (secondary N) is 1. The van der Waals surface area contributed by atoms with Gasteiger partial charge < -0.3 is 15.2 Å². The van der Waals surface area contributed by atoms with Crippen molar-refractivity contribution < 1.29 is 19.6 Å². The second-order valence-electron chi connectivity index (χ2n) is 3.70. The standard InChI is InChI=1S/C11H14ClN3O5/c12-10-9(15(18)19)8(2-4-13-10)11(17)14-3-1-6-20-7-5-16/h2,4,16H,1,3,5-7H2,(H,14,17). The fourth-order valence-electron chi connectivity index (χ4n) is 1.42. The van der Waals surface area contributed by atoms with E-state index in [1.807, 2.05) is 0 Å². The fourth-order valence-corrected chi connectivity index (χ4v) is 1.65. The molecule has 0 aliphatic carbocycles. The van der Waals surface area contributed by atoms with Gasteiger partial charge in [0.25, 0.3) is 5.91 Å². The van der Waals surface area contributed by atoms with Gasteiger partial charge in [0.2, 0.25) is 5.15 Å². The van der Waals surface area contributed by atoms with Crippen LogP contribution < -0.4 is 5.32 Å². The van der Waals surface area contributed by atoms with E-state index in [4.69, 9.17) is 21.4 Å². The predicted octanol–water partition coefficient (Wildman–Crippen LogP) is 0.772. The molecule has 0 radical (unpaired) electrons. The molecule has 0 unspecified atom stereocenters. The Labute approximate surface area is 119 Å². The van der Waals surface area contributed by atoms with E-state index < -0.39 is 16.5 Å². The number of rotatable bonds is 8. The third kappa shape index (κ3) is 4.72. The average Bonchev–Trinajstić information content (AvgIpc) is 2.41. The lowest BCUT2D eigenvalue weighted by molar-refractivity contribution is -0.385. The molecule has 1 aromatic rings. The Morgan fingerprint density at radius 1 is 1.55 bits per heavy atom. The summed E-state index contributed by atoms with van der Waals surface area (Å²) in [4.78, 5) is 25.5. The van der Waals surface area contributed by atoms with Crippen molar-refractivity contribution in [2.45, 2.75) is 6.42 Å². The normalized spacial score (nSPS) is 10.3. The number of nitrogens with zero attached hydrogens (tertiary/aromatic N) is 2. The molecule has 1 heterocycles. The maximum Gasteiger partial charge on any atom is 0.319 e. The van der Waals surface area contributed by atoms with Crippen molar-refractivity contribution in [2.75, 3.05) is 26.4 Å². The Balaban J connectivity index is 2.56. The molecule has 0 aromatic carbocycles. The van der Waals surface area contributed by atoms with E-state index in [2.05, 4.69) is 10.3 Å². The summed E-state index contributed by atoms with van der Waals surface area (Å²) in [7, 11) is 0. The van der Waals surface area contributed by atoms with E-state index in [0.717, 1.165) is 0 Å². The Morgan fingerprint density at radius 2 is 2.30 bits per heavy atom. The number of hydrogen-bond acceptors (Lipinski definition) is 6. The van der Waals surface area contributed by atoms with Crippen LogP contribution in [0.2, 0.25) is 5.15 Å². The van der Waals surface area contributed by atoms with E-state index >= 15 is 0 Å². The number of carbonyl (C=O) groups is 1. The highest BCUT2D eigenvalue weighted by atomic mass is 35.5. The molecular formula is C11H14ClN3O5. The first kappa shape index (κ1) is 16.3. The zero-order valence-electron chi connectivity index (χ0n) is 10.5. The predicted molar refractivity (Wildman–Crippen MR) is 70.8 cm³/mol. The Morgan fingerprint density at radius 3 is 2.95 bits per heavy atom. The molecule has 1 aromatic heterocycles. The Hall–Kier alpha value is -1.77. The molecule has 0 bridgehead atoms. The molecule has 0 saturated heterocycles. The number of aromatic nitrogens is 1. The van der Waals surface area contributed by atoms with Gasteiger partial charge >= 0.3 is 5.69 Å². The van der Waals surface area contributed by atoms with Crippen LogP contribution in [-0.4, -0.2) is 47.3 Å². The summed E-state index contributed by atoms with van der Waals surface area (Å²) in [5, 5.41) is 21.5. The monoisotopic (exact) mass is 303 g/mol. The van der Waals surface area contributed by atoms with E-state index in [9.17, 15) is 14.9 Å². The topological polar surface area (TPSA) is 115 Å². The third-order valence-electron chi connectivity index (χ3n) is 2.29. The van der Waals surface area contributed by atoms with E-state index in [1.165, 1.54) is 12.3 Å². The highest BCUT2D eigenvalue weighted by molar-refractivity contribution is 6.32. The minimum atomic E-state index is -0.741. The summed E-state index contributed by atoms with van der Waals surface area (Å²) in [6, 6.07) is 1.24. The van der Waals surface area contributed by atoms with Crippen LogP contribution in [0, 0.1) is 10.1 Å². The molecular weight excluding hydrogens is 290 g/mol. The van der Waals surface area contributed by atoms with Gasteiger partial charge in [0.1, 0.15) is 5.56 Å². The number of aliphatic hydroxyl groups excluding tert-OH is 1. The molecule has 0 fully saturated rings. The second-order valence-corrected chi connectivity index (χ2v) is 4.06. The lowest BCUT2D eigenvalue weighted by Gasteiger charge is -2.06. The van der Waals surface area contributed by atoms with Gasteiger partial charge in [0.15, 0.2) is 0 Å². The molecule has 9 heteroatoms. The first-order valence-corrected chi connectivity index (χ1v) is 6.21. The SMILES string of the molecule is O=C(NCCCOCCO)c1ccnc(Cl)c1[N+](=O)[O-]. The van der Waals surface area contributed by atoms with Crippen molar-refractivity contribution in [3.63, 3.8) is 0 Å². The zero-order chi connectivity index (χ0) is 15.0. The van der Waals surface area contributed by atoms with Crippen molar-refractivity contribution in [1.82, 2.24) is 10.3 Å². The van der Waals surface area contributed by atoms with Crippen molar-refractivity contribution in [3.05, 3.63) is 33.1 Å². The van der Waals surface area contributed by atoms with Crippen molar-refractivity contribution >= 4 is 23.2 Å². The average molecular weight is 304 g/mol. The van der Waals surface area contributed by atoms with Gasteiger partial charge in [-0.15, -0.1) is 0 Å². The number of ether oxygens (including phenoxy) is 1. The van der Waals surface area contributed by atoms with Crippen molar-refractivity contribution in [1.29, 1.82) is 0 Å². The van der Waals surface area contributed by atoms with E-state index in [-0.39, 0.29) is 23.9 Å². The van der Waals surface area contributed by atoms with Crippen LogP contribution in [0.1, 0.15) is 16.8 Å². The van der Waals surface area contributed by atoms with Gasteiger partial charge in [-0.2, -0.15) is 0 Å². The van der Waals surface area contributed by atoms with Gasteiger partial charge in [-0.3, -0.25) is 14.9 Å². The van der Waals surface area contributed by atoms with E-state index in [0.29, 0.717) is 19.6 Å². The number of hydrogen-bond donors (Lipinski definition) is 2. The quantitative estimate of drug-likeness (QED) is 0.317. The highest BCUT2D eigenvalue weighted by Gasteiger charge is 2.24. The van der Waals surface area contributed by atoms with Crippen molar-refractivity contribution in [3.8, 4) is 0 Å². The van der Waals surface area contributed by atoms with E-state index in [1.54, 1.807) is 0 Å². The molecule has 0 atom stereocenters. The summed E-state index contributed by atoms with van der Waals surface area (Å²) in [6.07, 6.45) is 1.76. The van der Waals surface area contributed by atoms with Crippen LogP contribution >= 0.6 is 11.6 Å². The molecule has 1 amide bonds. The minimum absolute atomic E-state index is 0.0614. The molecule has 20 heavy (non-hydrogen) atoms. The number of carbonyl (C=O) groups excluding carboxylic acids is 1. The number of amides is 1. The summed E-state index contributed by atoms with van der Waals surface area (Å²) < 4.78 is 5.01. The number of nitro groups is 1. The molecule has 8 nitrogen and oxygen atoms in total. The van der Waals surface area contributed by atoms with Gasteiger partial charge in [-0.1, -0.05) is 11.6 Å². The molecule has 110 valence electrons. The van der Waals surface area contributed by atoms with Gasteiger partial charge in [-0.25, -0.2) is 4.98 Å². The number of halogens is 1. The summed E-state index contributed by atoms with van der Waals surface area (Å²) in [5.41, 5.74) is -0.644. The smallest absolute Gasteiger partial charge is 0.319 e. The first-order chi connectivity index (χ1) is 9.57. The Bertz CT molecular complexity index is 483. The van der Waals surface area contributed by atoms with Crippen molar-refractivity contribution in [2.24, 2.45) is 0 Å². The highest BCUT2D eigenvalue weighted by Crippen LogP contribution is 2.25. The molecule has 0 spiro atoms.